The van der Waals surface area contributed by atoms with Crippen LogP contribution in [-0.2, 0) is 4.74 Å². The van der Waals surface area contributed by atoms with Gasteiger partial charge in [0.25, 0.3) is 0 Å². The molecule has 0 unspecified atom stereocenters. The fraction of sp³-hybridized carbons (Fsp3) is 1.00. The molecule has 0 bridgehead atoms. The first kappa shape index (κ1) is 10.2. The van der Waals surface area contributed by atoms with Crippen LogP contribution in [0.3, 0.4) is 0 Å². The summed E-state index contributed by atoms with van der Waals surface area (Å²) in [5, 5.41) is 0. The van der Waals surface area contributed by atoms with Crippen molar-refractivity contribution < 1.29 is 4.74 Å². The lowest BCUT2D eigenvalue weighted by molar-refractivity contribution is 0.155. The van der Waals surface area contributed by atoms with E-state index >= 15 is 0 Å². The van der Waals surface area contributed by atoms with Gasteiger partial charge in [-0.25, -0.2) is 0 Å². The lowest BCUT2D eigenvalue weighted by atomic mass is 10.0. The molecule has 2 N–H and O–H groups in total. The molecule has 1 atom stereocenters. The van der Waals surface area contributed by atoms with Gasteiger partial charge in [-0.15, -0.1) is 12.4 Å². The molecule has 0 radical (unpaired) electrons. The molecule has 3 heteroatoms. The molecule has 0 saturated heterocycles. The Balaban J connectivity index is 0.000000810. The summed E-state index contributed by atoms with van der Waals surface area (Å²) in [6.45, 7) is 2.92. The van der Waals surface area contributed by atoms with E-state index < -0.39 is 0 Å². The summed E-state index contributed by atoms with van der Waals surface area (Å²) < 4.78 is 4.95. The van der Waals surface area contributed by atoms with Gasteiger partial charge in [0.2, 0.25) is 0 Å². The molecular weight excluding hydrogens is 150 g/mol. The standard InChI is InChI=1S/C7H15NO.ClH/c1-7(3-4-7)6(8)5-9-2;/h6H,3-5,8H2,1-2H3;1H/t6-;/m1./s1. The second kappa shape index (κ2) is 3.56. The molecule has 0 aromatic rings. The van der Waals surface area contributed by atoms with Crippen LogP contribution in [0.25, 0.3) is 0 Å². The van der Waals surface area contributed by atoms with Gasteiger partial charge >= 0.3 is 0 Å². The number of rotatable bonds is 3. The summed E-state index contributed by atoms with van der Waals surface area (Å²) in [4.78, 5) is 0. The average molecular weight is 166 g/mol. The predicted octanol–water partition coefficient (Wildman–Crippen LogP) is 1.18. The Morgan fingerprint density at radius 1 is 1.60 bits per heavy atom. The third-order valence-corrected chi connectivity index (χ3v) is 2.28. The lowest BCUT2D eigenvalue weighted by Gasteiger charge is -2.16. The van der Waals surface area contributed by atoms with Gasteiger partial charge in [0.05, 0.1) is 6.61 Å². The SMILES string of the molecule is COC[C@@H](N)C1(C)CC1.Cl. The third kappa shape index (κ3) is 2.11. The topological polar surface area (TPSA) is 35.2 Å². The van der Waals surface area contributed by atoms with Crippen LogP contribution in [-0.4, -0.2) is 19.8 Å². The molecule has 0 heterocycles. The van der Waals surface area contributed by atoms with Crippen molar-refractivity contribution in [2.45, 2.75) is 25.8 Å². The van der Waals surface area contributed by atoms with Crippen LogP contribution < -0.4 is 5.73 Å². The number of ether oxygens (including phenoxy) is 1. The maximum atomic E-state index is 5.80. The Bertz CT molecular complexity index is 104. The van der Waals surface area contributed by atoms with E-state index in [0.717, 1.165) is 0 Å². The van der Waals surface area contributed by atoms with Crippen molar-refractivity contribution in [1.82, 2.24) is 0 Å². The highest BCUT2D eigenvalue weighted by atomic mass is 35.5. The van der Waals surface area contributed by atoms with Crippen molar-refractivity contribution in [2.24, 2.45) is 11.1 Å². The number of hydrogen-bond acceptors (Lipinski definition) is 2. The van der Waals surface area contributed by atoms with Crippen LogP contribution in [0, 0.1) is 5.41 Å². The summed E-state index contributed by atoms with van der Waals surface area (Å²) in [6.07, 6.45) is 2.55. The summed E-state index contributed by atoms with van der Waals surface area (Å²) in [6, 6.07) is 0.252. The first-order valence-electron chi connectivity index (χ1n) is 3.43. The molecule has 62 valence electrons. The van der Waals surface area contributed by atoms with Crippen LogP contribution in [0.1, 0.15) is 19.8 Å². The Morgan fingerprint density at radius 3 is 2.40 bits per heavy atom. The normalized spacial score (nSPS) is 23.1. The van der Waals surface area contributed by atoms with Gasteiger partial charge in [-0.2, -0.15) is 0 Å². The first-order valence-corrected chi connectivity index (χ1v) is 3.43. The monoisotopic (exact) mass is 165 g/mol. The summed E-state index contributed by atoms with van der Waals surface area (Å²) in [5.41, 5.74) is 6.21. The first-order chi connectivity index (χ1) is 4.19. The Labute approximate surface area is 68.5 Å². The van der Waals surface area contributed by atoms with Crippen molar-refractivity contribution in [3.8, 4) is 0 Å². The van der Waals surface area contributed by atoms with E-state index in [1.807, 2.05) is 0 Å². The molecule has 1 aliphatic rings. The van der Waals surface area contributed by atoms with Gasteiger partial charge < -0.3 is 10.5 Å². The van der Waals surface area contributed by atoms with Crippen LogP contribution in [0.2, 0.25) is 0 Å². The Morgan fingerprint density at radius 2 is 2.10 bits per heavy atom. The lowest BCUT2D eigenvalue weighted by Crippen LogP contribution is -2.33. The minimum absolute atomic E-state index is 0. The van der Waals surface area contributed by atoms with Crippen LogP contribution in [0.5, 0.6) is 0 Å². The van der Waals surface area contributed by atoms with Crippen LogP contribution in [0.15, 0.2) is 0 Å². The van der Waals surface area contributed by atoms with Crippen molar-refractivity contribution in [3.63, 3.8) is 0 Å². The van der Waals surface area contributed by atoms with Gasteiger partial charge in [0.15, 0.2) is 0 Å². The molecule has 0 amide bonds. The zero-order chi connectivity index (χ0) is 6.91. The summed E-state index contributed by atoms with van der Waals surface area (Å²) in [7, 11) is 1.70. The molecular formula is C7H16ClNO. The molecule has 0 spiro atoms. The van der Waals surface area contributed by atoms with Crippen molar-refractivity contribution in [3.05, 3.63) is 0 Å². The molecule has 1 saturated carbocycles. The van der Waals surface area contributed by atoms with Gasteiger partial charge in [-0.05, 0) is 18.3 Å². The quantitative estimate of drug-likeness (QED) is 0.682. The zero-order valence-electron chi connectivity index (χ0n) is 6.59. The highest BCUT2D eigenvalue weighted by molar-refractivity contribution is 5.85. The van der Waals surface area contributed by atoms with E-state index in [4.69, 9.17) is 10.5 Å². The number of methoxy groups -OCH3 is 1. The fourth-order valence-corrected chi connectivity index (χ4v) is 0.949. The molecule has 0 aliphatic heterocycles. The van der Waals surface area contributed by atoms with Crippen LogP contribution >= 0.6 is 12.4 Å². The van der Waals surface area contributed by atoms with Gasteiger partial charge in [-0.3, -0.25) is 0 Å². The molecule has 10 heavy (non-hydrogen) atoms. The van der Waals surface area contributed by atoms with Crippen molar-refractivity contribution in [1.29, 1.82) is 0 Å². The minimum atomic E-state index is 0. The van der Waals surface area contributed by atoms with Gasteiger partial charge in [0.1, 0.15) is 0 Å². The van der Waals surface area contributed by atoms with E-state index in [1.54, 1.807) is 7.11 Å². The van der Waals surface area contributed by atoms with E-state index in [1.165, 1.54) is 12.8 Å². The maximum Gasteiger partial charge on any atom is 0.0619 e. The highest BCUT2D eigenvalue weighted by Crippen LogP contribution is 2.47. The highest BCUT2D eigenvalue weighted by Gasteiger charge is 2.42. The Hall–Kier alpha value is 0.210. The van der Waals surface area contributed by atoms with E-state index in [9.17, 15) is 0 Å². The van der Waals surface area contributed by atoms with Crippen molar-refractivity contribution in [2.75, 3.05) is 13.7 Å². The second-order valence-electron chi connectivity index (χ2n) is 3.22. The number of nitrogens with two attached hydrogens (primary N) is 1. The zero-order valence-corrected chi connectivity index (χ0v) is 7.41. The summed E-state index contributed by atoms with van der Waals surface area (Å²) >= 11 is 0. The molecule has 1 rings (SSSR count). The molecule has 1 fully saturated rings. The van der Waals surface area contributed by atoms with E-state index in [0.29, 0.717) is 12.0 Å². The van der Waals surface area contributed by atoms with Gasteiger partial charge in [0, 0.05) is 13.2 Å². The van der Waals surface area contributed by atoms with E-state index in [2.05, 4.69) is 6.92 Å². The average Bonchev–Trinajstić information content (AvgIpc) is 2.50. The molecule has 0 aromatic heterocycles. The molecule has 1 aliphatic carbocycles. The molecule has 2 nitrogen and oxygen atoms in total. The molecule has 0 aromatic carbocycles. The number of hydrogen-bond donors (Lipinski definition) is 1. The second-order valence-corrected chi connectivity index (χ2v) is 3.22. The largest absolute Gasteiger partial charge is 0.383 e. The Kier molecular flexibility index (Phi) is 3.63. The number of halogens is 1. The smallest absolute Gasteiger partial charge is 0.0619 e. The fourth-order valence-electron chi connectivity index (χ4n) is 0.949. The minimum Gasteiger partial charge on any atom is -0.383 e. The van der Waals surface area contributed by atoms with Crippen molar-refractivity contribution >= 4 is 12.4 Å². The maximum absolute atomic E-state index is 5.80. The van der Waals surface area contributed by atoms with Crippen LogP contribution in [0.4, 0.5) is 0 Å². The van der Waals surface area contributed by atoms with Gasteiger partial charge in [-0.1, -0.05) is 6.92 Å². The third-order valence-electron chi connectivity index (χ3n) is 2.28. The van der Waals surface area contributed by atoms with E-state index in [-0.39, 0.29) is 18.4 Å². The summed E-state index contributed by atoms with van der Waals surface area (Å²) in [5.74, 6) is 0. The predicted molar refractivity (Wildman–Crippen MR) is 44.4 cm³/mol.